The van der Waals surface area contributed by atoms with Crippen LogP contribution < -0.4 is 11.1 Å². The molecule has 6 rings (SSSR count). The third-order valence-corrected chi connectivity index (χ3v) is 9.10. The molecule has 0 saturated carbocycles. The van der Waals surface area contributed by atoms with Crippen LogP contribution in [0.1, 0.15) is 62.3 Å². The fourth-order valence-corrected chi connectivity index (χ4v) is 6.06. The second-order valence-electron chi connectivity index (χ2n) is 12.9. The van der Waals surface area contributed by atoms with Gasteiger partial charge in [0.15, 0.2) is 0 Å². The molecule has 0 saturated heterocycles. The molecule has 2 aliphatic rings. The quantitative estimate of drug-likeness (QED) is 0.192. The molecule has 42 heavy (non-hydrogen) atoms. The van der Waals surface area contributed by atoms with E-state index in [1.807, 2.05) is 33.4 Å². The highest BCUT2D eigenvalue weighted by Gasteiger charge is 2.18. The van der Waals surface area contributed by atoms with Crippen LogP contribution in [0, 0.1) is 35.6 Å². The first-order chi connectivity index (χ1) is 20.0. The normalized spacial score (nSPS) is 18.3. The minimum Gasteiger partial charge on any atom is -0.296 e. The Labute approximate surface area is 249 Å². The molecule has 216 valence electrons. The molecule has 0 fully saturated rings. The van der Waals surface area contributed by atoms with Gasteiger partial charge in [-0.3, -0.25) is 18.7 Å². The van der Waals surface area contributed by atoms with Crippen LogP contribution in [0.4, 0.5) is 0 Å². The number of terminal acetylenes is 1. The SMILES string of the molecule is C#Cc1ccc2c(=O)n3c(nc2c1)CCC(C)CC3.CC1CCc2nc3cc(C#C[Si](C)(C)C)ccc3c(=O)n2CC1. The van der Waals surface area contributed by atoms with Gasteiger partial charge in [0.05, 0.1) is 21.8 Å². The van der Waals surface area contributed by atoms with Crippen molar-refractivity contribution in [2.75, 3.05) is 0 Å². The standard InChI is InChI=1S/C19H24N2OSi.C16H16N2O/c1-14-5-8-18-20-17-13-15(10-12-23(2,3)4)6-7-16(17)19(22)21(18)11-9-14;1-3-12-5-6-13-14(10-12)17-15-7-4-11(2)8-9-18(15)16(13)19/h6-7,13-14H,5,8-9,11H2,1-4H3;1,5-6,10-11H,4,7-9H2,2H3. The van der Waals surface area contributed by atoms with Gasteiger partial charge in [0.1, 0.15) is 19.7 Å². The maximum atomic E-state index is 12.8. The average molecular weight is 577 g/mol. The zero-order valence-corrected chi connectivity index (χ0v) is 26.5. The number of aromatic nitrogens is 4. The second kappa shape index (κ2) is 12.1. The Hall–Kier alpha value is -3.94. The summed E-state index contributed by atoms with van der Waals surface area (Å²) in [6.07, 6.45) is 11.4. The summed E-state index contributed by atoms with van der Waals surface area (Å²) in [6.45, 7) is 12.7. The molecule has 2 unspecified atom stereocenters. The smallest absolute Gasteiger partial charge is 0.261 e. The van der Waals surface area contributed by atoms with Crippen molar-refractivity contribution in [1.82, 2.24) is 19.1 Å². The van der Waals surface area contributed by atoms with E-state index in [1.54, 1.807) is 12.1 Å². The Morgan fingerprint density at radius 3 is 1.71 bits per heavy atom. The Morgan fingerprint density at radius 1 is 0.762 bits per heavy atom. The van der Waals surface area contributed by atoms with Gasteiger partial charge in [0.25, 0.3) is 11.1 Å². The highest BCUT2D eigenvalue weighted by Crippen LogP contribution is 2.21. The summed E-state index contributed by atoms with van der Waals surface area (Å²) in [5.41, 5.74) is 6.78. The van der Waals surface area contributed by atoms with Crippen LogP contribution in [-0.2, 0) is 25.9 Å². The van der Waals surface area contributed by atoms with Crippen LogP contribution in [0.2, 0.25) is 19.6 Å². The van der Waals surface area contributed by atoms with E-state index in [1.165, 1.54) is 0 Å². The van der Waals surface area contributed by atoms with Crippen molar-refractivity contribution in [3.8, 4) is 23.8 Å². The number of hydrogen-bond acceptors (Lipinski definition) is 4. The predicted octanol–water partition coefficient (Wildman–Crippen LogP) is 5.95. The molecule has 2 atom stereocenters. The van der Waals surface area contributed by atoms with Gasteiger partial charge in [-0.15, -0.1) is 12.0 Å². The zero-order chi connectivity index (χ0) is 30.0. The van der Waals surface area contributed by atoms with E-state index in [-0.39, 0.29) is 11.1 Å². The molecule has 2 aromatic carbocycles. The molecule has 6 nitrogen and oxygen atoms in total. The number of fused-ring (bicyclic) bond motifs is 4. The van der Waals surface area contributed by atoms with E-state index in [0.29, 0.717) is 22.6 Å². The van der Waals surface area contributed by atoms with E-state index >= 15 is 0 Å². The van der Waals surface area contributed by atoms with Gasteiger partial charge in [0, 0.05) is 37.1 Å². The van der Waals surface area contributed by atoms with Crippen molar-refractivity contribution in [3.05, 3.63) is 79.9 Å². The van der Waals surface area contributed by atoms with Gasteiger partial charge in [-0.2, -0.15) is 0 Å². The lowest BCUT2D eigenvalue weighted by molar-refractivity contribution is 0.484. The molecule has 4 heterocycles. The van der Waals surface area contributed by atoms with Crippen molar-refractivity contribution in [3.63, 3.8) is 0 Å². The van der Waals surface area contributed by atoms with Crippen molar-refractivity contribution < 1.29 is 0 Å². The summed E-state index contributed by atoms with van der Waals surface area (Å²) in [7, 11) is -1.40. The first kappa shape index (κ1) is 29.5. The number of hydrogen-bond donors (Lipinski definition) is 0. The average Bonchev–Trinajstić information content (AvgIpc) is 3.27. The van der Waals surface area contributed by atoms with E-state index in [4.69, 9.17) is 11.4 Å². The molecule has 0 spiro atoms. The minimum absolute atomic E-state index is 0.0673. The van der Waals surface area contributed by atoms with E-state index in [2.05, 4.69) is 55.9 Å². The maximum absolute atomic E-state index is 12.8. The molecule has 0 radical (unpaired) electrons. The van der Waals surface area contributed by atoms with Gasteiger partial charge in [0.2, 0.25) is 0 Å². The van der Waals surface area contributed by atoms with Crippen LogP contribution in [0.5, 0.6) is 0 Å². The number of benzene rings is 2. The van der Waals surface area contributed by atoms with Gasteiger partial charge in [-0.05, 0) is 73.9 Å². The van der Waals surface area contributed by atoms with E-state index in [0.717, 1.165) is 85.4 Å². The molecule has 2 aliphatic heterocycles. The van der Waals surface area contributed by atoms with Gasteiger partial charge in [-0.25, -0.2) is 9.97 Å². The van der Waals surface area contributed by atoms with Crippen molar-refractivity contribution in [1.29, 1.82) is 0 Å². The Kier molecular flexibility index (Phi) is 8.52. The number of aryl methyl sites for hydroxylation is 2. The maximum Gasteiger partial charge on any atom is 0.261 e. The molecule has 2 aromatic heterocycles. The number of rotatable bonds is 0. The second-order valence-corrected chi connectivity index (χ2v) is 17.7. The molecule has 0 bridgehead atoms. The summed E-state index contributed by atoms with van der Waals surface area (Å²) < 4.78 is 3.71. The Bertz CT molecular complexity index is 1880. The van der Waals surface area contributed by atoms with E-state index in [9.17, 15) is 9.59 Å². The molecule has 7 heteroatoms. The molecule has 0 amide bonds. The minimum atomic E-state index is -1.40. The fraction of sp³-hybridized carbons (Fsp3) is 0.429. The molecular weight excluding hydrogens is 536 g/mol. The predicted molar refractivity (Wildman–Crippen MR) is 174 cm³/mol. The van der Waals surface area contributed by atoms with Crippen LogP contribution in [-0.4, -0.2) is 27.2 Å². The largest absolute Gasteiger partial charge is 0.296 e. The summed E-state index contributed by atoms with van der Waals surface area (Å²) in [6, 6.07) is 11.2. The van der Waals surface area contributed by atoms with E-state index < -0.39 is 8.07 Å². The fourth-order valence-electron chi connectivity index (χ4n) is 5.54. The Morgan fingerprint density at radius 2 is 1.24 bits per heavy atom. The third-order valence-electron chi connectivity index (χ3n) is 8.23. The van der Waals surface area contributed by atoms with Gasteiger partial charge >= 0.3 is 0 Å². The van der Waals surface area contributed by atoms with Crippen molar-refractivity contribution in [2.24, 2.45) is 11.8 Å². The first-order valence-corrected chi connectivity index (χ1v) is 18.6. The lowest BCUT2D eigenvalue weighted by Gasteiger charge is -2.10. The Balaban J connectivity index is 0.000000171. The summed E-state index contributed by atoms with van der Waals surface area (Å²) in [5.74, 6) is 8.97. The molecule has 4 aromatic rings. The van der Waals surface area contributed by atoms with Gasteiger partial charge in [-0.1, -0.05) is 45.3 Å². The lowest BCUT2D eigenvalue weighted by atomic mass is 10.0. The van der Waals surface area contributed by atoms with Crippen LogP contribution in [0.25, 0.3) is 21.8 Å². The third kappa shape index (κ3) is 6.58. The van der Waals surface area contributed by atoms with Crippen molar-refractivity contribution >= 4 is 29.9 Å². The zero-order valence-electron chi connectivity index (χ0n) is 25.5. The summed E-state index contributed by atoms with van der Waals surface area (Å²) >= 11 is 0. The highest BCUT2D eigenvalue weighted by atomic mass is 28.3. The number of nitrogens with zero attached hydrogens (tertiary/aromatic N) is 4. The van der Waals surface area contributed by atoms with Gasteiger partial charge < -0.3 is 0 Å². The molecule has 0 aliphatic carbocycles. The molecular formula is C35H40N4O2Si. The summed E-state index contributed by atoms with van der Waals surface area (Å²) in [4.78, 5) is 34.7. The monoisotopic (exact) mass is 576 g/mol. The topological polar surface area (TPSA) is 69.8 Å². The first-order valence-electron chi connectivity index (χ1n) is 15.1. The lowest BCUT2D eigenvalue weighted by Crippen LogP contribution is -2.24. The van der Waals surface area contributed by atoms with Crippen molar-refractivity contribution in [2.45, 2.75) is 85.1 Å². The van der Waals surface area contributed by atoms with Crippen LogP contribution in [0.3, 0.4) is 0 Å². The van der Waals surface area contributed by atoms with Crippen LogP contribution >= 0.6 is 0 Å². The summed E-state index contributed by atoms with van der Waals surface area (Å²) in [5, 5.41) is 1.37. The molecule has 0 N–H and O–H groups in total. The highest BCUT2D eigenvalue weighted by molar-refractivity contribution is 6.83. The van der Waals surface area contributed by atoms with Crippen LogP contribution in [0.15, 0.2) is 46.0 Å².